The Morgan fingerprint density at radius 1 is 1.20 bits per heavy atom. The minimum atomic E-state index is 0.244. The average Bonchev–Trinajstić information content (AvgIpc) is 2.21. The van der Waals surface area contributed by atoms with Gasteiger partial charge >= 0.3 is 0 Å². The second kappa shape index (κ2) is 5.69. The normalized spacial score (nSPS) is 10.7. The molecule has 1 nitrogen and oxygen atoms in total. The molecule has 82 valence electrons. The summed E-state index contributed by atoms with van der Waals surface area (Å²) in [6.07, 6.45) is 2.86. The van der Waals surface area contributed by atoms with Gasteiger partial charge in [0.15, 0.2) is 0 Å². The Balaban J connectivity index is 2.99. The van der Waals surface area contributed by atoms with Crippen molar-refractivity contribution in [3.63, 3.8) is 0 Å². The summed E-state index contributed by atoms with van der Waals surface area (Å²) in [5.41, 5.74) is 2.57. The van der Waals surface area contributed by atoms with Gasteiger partial charge in [-0.3, -0.25) is 4.79 Å². The Kier molecular flexibility index (Phi) is 4.54. The lowest BCUT2D eigenvalue weighted by molar-refractivity contribution is -0.116. The van der Waals surface area contributed by atoms with Crippen LogP contribution < -0.4 is 0 Å². The molecule has 0 unspecified atom stereocenters. The summed E-state index contributed by atoms with van der Waals surface area (Å²) in [6, 6.07) is 8.33. The van der Waals surface area contributed by atoms with E-state index >= 15 is 0 Å². The van der Waals surface area contributed by atoms with Gasteiger partial charge in [0, 0.05) is 6.42 Å². The molecule has 0 saturated heterocycles. The first-order valence-electron chi connectivity index (χ1n) is 5.76. The number of Topliss-reactive ketones (excluding diaryl/α,β-unsaturated/α-hetero) is 1. The lowest BCUT2D eigenvalue weighted by Crippen LogP contribution is -2.04. The number of carbonyl (C=O) groups excluding carboxylic acids is 1. The third-order valence-corrected chi connectivity index (χ3v) is 2.92. The first-order valence-corrected chi connectivity index (χ1v) is 5.76. The predicted octanol–water partition coefficient (Wildman–Crippen LogP) is 3.72. The van der Waals surface area contributed by atoms with Crippen LogP contribution in [-0.2, 0) is 11.2 Å². The van der Waals surface area contributed by atoms with Crippen LogP contribution in [0.4, 0.5) is 0 Å². The van der Waals surface area contributed by atoms with Gasteiger partial charge in [0.2, 0.25) is 0 Å². The molecule has 0 amide bonds. The molecule has 15 heavy (non-hydrogen) atoms. The van der Waals surface area contributed by atoms with E-state index in [1.54, 1.807) is 6.92 Å². The highest BCUT2D eigenvalue weighted by atomic mass is 16.1. The van der Waals surface area contributed by atoms with E-state index in [9.17, 15) is 4.79 Å². The van der Waals surface area contributed by atoms with Gasteiger partial charge < -0.3 is 0 Å². The largest absolute Gasteiger partial charge is 0.300 e. The zero-order chi connectivity index (χ0) is 11.3. The highest BCUT2D eigenvalue weighted by Crippen LogP contribution is 2.26. The number of ketones is 1. The molecule has 1 aromatic rings. The van der Waals surface area contributed by atoms with Crippen molar-refractivity contribution in [3.05, 3.63) is 35.4 Å². The summed E-state index contributed by atoms with van der Waals surface area (Å²) in [6.45, 7) is 6.07. The van der Waals surface area contributed by atoms with Crippen LogP contribution in [0.1, 0.15) is 50.7 Å². The van der Waals surface area contributed by atoms with Crippen LogP contribution in [0.15, 0.2) is 24.3 Å². The second-order valence-corrected chi connectivity index (χ2v) is 4.09. The van der Waals surface area contributed by atoms with Crippen LogP contribution in [0.25, 0.3) is 0 Å². The van der Waals surface area contributed by atoms with E-state index in [0.29, 0.717) is 12.3 Å². The van der Waals surface area contributed by atoms with Crippen molar-refractivity contribution >= 4 is 5.78 Å². The van der Waals surface area contributed by atoms with E-state index < -0.39 is 0 Å². The van der Waals surface area contributed by atoms with Gasteiger partial charge in [-0.25, -0.2) is 0 Å². The number of hydrogen-bond acceptors (Lipinski definition) is 1. The molecule has 0 aliphatic carbocycles. The summed E-state index contributed by atoms with van der Waals surface area (Å²) in [4.78, 5) is 11.2. The molecule has 0 N–H and O–H groups in total. The molecule has 0 atom stereocenters. The minimum absolute atomic E-state index is 0.244. The molecule has 0 radical (unpaired) electrons. The molecule has 0 heterocycles. The van der Waals surface area contributed by atoms with Crippen molar-refractivity contribution in [1.29, 1.82) is 0 Å². The number of benzene rings is 1. The Hall–Kier alpha value is -1.11. The molecule has 1 aromatic carbocycles. The minimum Gasteiger partial charge on any atom is -0.300 e. The summed E-state index contributed by atoms with van der Waals surface area (Å²) in [5.74, 6) is 0.842. The smallest absolute Gasteiger partial charge is 0.134 e. The van der Waals surface area contributed by atoms with E-state index in [1.165, 1.54) is 11.1 Å². The van der Waals surface area contributed by atoms with E-state index in [1.807, 2.05) is 6.07 Å². The quantitative estimate of drug-likeness (QED) is 0.714. The number of carbonyl (C=O) groups is 1. The van der Waals surface area contributed by atoms with Gasteiger partial charge in [-0.05, 0) is 36.8 Å². The lowest BCUT2D eigenvalue weighted by atomic mass is 9.88. The van der Waals surface area contributed by atoms with E-state index in [4.69, 9.17) is 0 Å². The summed E-state index contributed by atoms with van der Waals surface area (Å²) in [5, 5.41) is 0. The first kappa shape index (κ1) is 12.0. The van der Waals surface area contributed by atoms with E-state index in [2.05, 4.69) is 32.0 Å². The maximum Gasteiger partial charge on any atom is 0.134 e. The van der Waals surface area contributed by atoms with Crippen molar-refractivity contribution in [3.8, 4) is 0 Å². The Morgan fingerprint density at radius 3 is 2.33 bits per heavy atom. The van der Waals surface area contributed by atoms with Gasteiger partial charge in [0.1, 0.15) is 5.78 Å². The molecule has 0 aromatic heterocycles. The van der Waals surface area contributed by atoms with Crippen molar-refractivity contribution in [2.24, 2.45) is 0 Å². The standard InChI is InChI=1S/C14H20O/c1-4-12(5-2)14-9-7-6-8-13(14)10-11(3)15/h6-9,12H,4-5,10H2,1-3H3. The molecule has 0 fully saturated rings. The van der Waals surface area contributed by atoms with Gasteiger partial charge in [-0.2, -0.15) is 0 Å². The highest BCUT2D eigenvalue weighted by molar-refractivity contribution is 5.78. The molecule has 0 bridgehead atoms. The molecule has 0 spiro atoms. The molecule has 0 aliphatic heterocycles. The molecule has 0 saturated carbocycles. The third-order valence-electron chi connectivity index (χ3n) is 2.92. The van der Waals surface area contributed by atoms with Gasteiger partial charge in [-0.1, -0.05) is 38.1 Å². The maximum absolute atomic E-state index is 11.2. The van der Waals surface area contributed by atoms with E-state index in [-0.39, 0.29) is 5.78 Å². The Labute approximate surface area is 92.5 Å². The molecule has 1 heteroatoms. The van der Waals surface area contributed by atoms with Crippen LogP contribution in [-0.4, -0.2) is 5.78 Å². The van der Waals surface area contributed by atoms with Crippen molar-refractivity contribution in [1.82, 2.24) is 0 Å². The summed E-state index contributed by atoms with van der Waals surface area (Å²) in [7, 11) is 0. The van der Waals surface area contributed by atoms with Crippen LogP contribution in [0.3, 0.4) is 0 Å². The van der Waals surface area contributed by atoms with Gasteiger partial charge in [0.25, 0.3) is 0 Å². The average molecular weight is 204 g/mol. The lowest BCUT2D eigenvalue weighted by Gasteiger charge is -2.16. The molecule has 1 rings (SSSR count). The van der Waals surface area contributed by atoms with Crippen LogP contribution >= 0.6 is 0 Å². The SMILES string of the molecule is CCC(CC)c1ccccc1CC(C)=O. The van der Waals surface area contributed by atoms with Crippen LogP contribution in [0.2, 0.25) is 0 Å². The van der Waals surface area contributed by atoms with Crippen LogP contribution in [0.5, 0.6) is 0 Å². The topological polar surface area (TPSA) is 17.1 Å². The zero-order valence-corrected chi connectivity index (χ0v) is 9.92. The van der Waals surface area contributed by atoms with Gasteiger partial charge in [0.05, 0.1) is 0 Å². The molecular formula is C14H20O. The summed E-state index contributed by atoms with van der Waals surface area (Å²) < 4.78 is 0. The van der Waals surface area contributed by atoms with Crippen LogP contribution in [0, 0.1) is 0 Å². The van der Waals surface area contributed by atoms with Crippen molar-refractivity contribution in [2.45, 2.75) is 46.0 Å². The Bertz CT molecular complexity index is 324. The fourth-order valence-corrected chi connectivity index (χ4v) is 2.09. The Morgan fingerprint density at radius 2 is 1.80 bits per heavy atom. The molecular weight excluding hydrogens is 184 g/mol. The second-order valence-electron chi connectivity index (χ2n) is 4.09. The number of hydrogen-bond donors (Lipinski definition) is 0. The third kappa shape index (κ3) is 3.19. The molecule has 0 aliphatic rings. The fraction of sp³-hybridized carbons (Fsp3) is 0.500. The van der Waals surface area contributed by atoms with Crippen molar-refractivity contribution in [2.75, 3.05) is 0 Å². The van der Waals surface area contributed by atoms with Gasteiger partial charge in [-0.15, -0.1) is 0 Å². The highest BCUT2D eigenvalue weighted by Gasteiger charge is 2.11. The fourth-order valence-electron chi connectivity index (χ4n) is 2.09. The monoisotopic (exact) mass is 204 g/mol. The van der Waals surface area contributed by atoms with Crippen molar-refractivity contribution < 1.29 is 4.79 Å². The first-order chi connectivity index (χ1) is 7.19. The summed E-state index contributed by atoms with van der Waals surface area (Å²) >= 11 is 0. The number of rotatable bonds is 5. The maximum atomic E-state index is 11.2. The predicted molar refractivity (Wildman–Crippen MR) is 64.2 cm³/mol. The van der Waals surface area contributed by atoms with E-state index in [0.717, 1.165) is 12.8 Å². The zero-order valence-electron chi connectivity index (χ0n) is 9.92.